The van der Waals surface area contributed by atoms with Crippen molar-refractivity contribution in [2.24, 2.45) is 0 Å². The molecule has 0 unspecified atom stereocenters. The van der Waals surface area contributed by atoms with Gasteiger partial charge in [0.2, 0.25) is 5.12 Å². The van der Waals surface area contributed by atoms with Crippen molar-refractivity contribution < 1.29 is 15.0 Å². The number of phenols is 2. The van der Waals surface area contributed by atoms with Crippen molar-refractivity contribution in [2.45, 2.75) is 0 Å². The summed E-state index contributed by atoms with van der Waals surface area (Å²) < 4.78 is 0. The van der Waals surface area contributed by atoms with Crippen LogP contribution in [-0.4, -0.2) is 15.3 Å². The lowest BCUT2D eigenvalue weighted by Crippen LogP contribution is -1.92. The van der Waals surface area contributed by atoms with Gasteiger partial charge in [-0.25, -0.2) is 0 Å². The van der Waals surface area contributed by atoms with E-state index in [0.29, 0.717) is 10.8 Å². The second-order valence-electron chi connectivity index (χ2n) is 3.14. The van der Waals surface area contributed by atoms with Gasteiger partial charge in [-0.2, -0.15) is 0 Å². The standard InChI is InChI=1S/C11H8O3S/c12-7-3-1-2-6-4-5-8(13)10(9(6)7)11(14)15/h1-5,12-13H,(H,14,15). The minimum Gasteiger partial charge on any atom is -0.507 e. The molecule has 4 heteroatoms. The van der Waals surface area contributed by atoms with Crippen LogP contribution >= 0.6 is 12.6 Å². The summed E-state index contributed by atoms with van der Waals surface area (Å²) in [4.78, 5) is 11.2. The van der Waals surface area contributed by atoms with Gasteiger partial charge in [-0.3, -0.25) is 4.79 Å². The van der Waals surface area contributed by atoms with E-state index >= 15 is 0 Å². The first-order valence-corrected chi connectivity index (χ1v) is 4.73. The molecule has 3 nitrogen and oxygen atoms in total. The molecule has 2 aromatic carbocycles. The zero-order chi connectivity index (χ0) is 11.0. The van der Waals surface area contributed by atoms with Crippen LogP contribution in [0.15, 0.2) is 30.3 Å². The fourth-order valence-corrected chi connectivity index (χ4v) is 1.79. The highest BCUT2D eigenvalue weighted by atomic mass is 32.1. The van der Waals surface area contributed by atoms with Crippen molar-refractivity contribution in [3.63, 3.8) is 0 Å². The molecule has 15 heavy (non-hydrogen) atoms. The molecule has 0 saturated carbocycles. The second kappa shape index (κ2) is 3.47. The van der Waals surface area contributed by atoms with Crippen molar-refractivity contribution >= 4 is 28.5 Å². The summed E-state index contributed by atoms with van der Waals surface area (Å²) in [6, 6.07) is 7.91. The predicted octanol–water partition coefficient (Wildman–Crippen LogP) is 2.32. The Morgan fingerprint density at radius 3 is 2.47 bits per heavy atom. The molecule has 0 amide bonds. The lowest BCUT2D eigenvalue weighted by atomic mass is 10.0. The normalized spacial score (nSPS) is 10.5. The zero-order valence-electron chi connectivity index (χ0n) is 7.64. The van der Waals surface area contributed by atoms with Crippen LogP contribution in [0.3, 0.4) is 0 Å². The Hall–Kier alpha value is -1.68. The molecular weight excluding hydrogens is 212 g/mol. The van der Waals surface area contributed by atoms with Crippen molar-refractivity contribution in [1.29, 1.82) is 0 Å². The number of carbonyl (C=O) groups excluding carboxylic acids is 1. The third-order valence-corrected chi connectivity index (χ3v) is 2.44. The van der Waals surface area contributed by atoms with E-state index in [9.17, 15) is 15.0 Å². The maximum Gasteiger partial charge on any atom is 0.220 e. The summed E-state index contributed by atoms with van der Waals surface area (Å²) in [6.07, 6.45) is 0. The molecule has 0 aromatic heterocycles. The Morgan fingerprint density at radius 2 is 1.80 bits per heavy atom. The van der Waals surface area contributed by atoms with Crippen LogP contribution in [0.1, 0.15) is 10.4 Å². The van der Waals surface area contributed by atoms with Crippen LogP contribution < -0.4 is 0 Å². The van der Waals surface area contributed by atoms with Gasteiger partial charge in [-0.1, -0.05) is 18.2 Å². The molecule has 0 radical (unpaired) electrons. The first kappa shape index (κ1) is 9.86. The van der Waals surface area contributed by atoms with E-state index in [0.717, 1.165) is 0 Å². The molecule has 0 spiro atoms. The van der Waals surface area contributed by atoms with Crippen LogP contribution in [0.4, 0.5) is 0 Å². The number of fused-ring (bicyclic) bond motifs is 1. The van der Waals surface area contributed by atoms with E-state index in [1.165, 1.54) is 12.1 Å². The quantitative estimate of drug-likeness (QED) is 0.646. The first-order chi connectivity index (χ1) is 7.11. The van der Waals surface area contributed by atoms with Crippen LogP contribution in [0.2, 0.25) is 0 Å². The van der Waals surface area contributed by atoms with Crippen molar-refractivity contribution in [1.82, 2.24) is 0 Å². The van der Waals surface area contributed by atoms with Gasteiger partial charge in [0, 0.05) is 5.39 Å². The molecule has 2 rings (SSSR count). The zero-order valence-corrected chi connectivity index (χ0v) is 8.53. The second-order valence-corrected chi connectivity index (χ2v) is 3.55. The average Bonchev–Trinajstić information content (AvgIpc) is 2.18. The summed E-state index contributed by atoms with van der Waals surface area (Å²) in [7, 11) is 0. The maximum absolute atomic E-state index is 11.2. The van der Waals surface area contributed by atoms with Gasteiger partial charge < -0.3 is 10.2 Å². The molecule has 0 aliphatic carbocycles. The first-order valence-electron chi connectivity index (χ1n) is 4.28. The number of rotatable bonds is 1. The lowest BCUT2D eigenvalue weighted by molar-refractivity contribution is 0.109. The summed E-state index contributed by atoms with van der Waals surface area (Å²) in [5.74, 6) is -0.218. The fourth-order valence-electron chi connectivity index (χ4n) is 1.57. The number of thiol groups is 1. The SMILES string of the molecule is O=C(S)c1c(O)ccc2cccc(O)c12. The van der Waals surface area contributed by atoms with Gasteiger partial charge in [0.05, 0.1) is 5.56 Å². The van der Waals surface area contributed by atoms with Gasteiger partial charge in [0.25, 0.3) is 0 Å². The summed E-state index contributed by atoms with van der Waals surface area (Å²) in [5.41, 5.74) is 0.0360. The molecule has 2 N–H and O–H groups in total. The average molecular weight is 220 g/mol. The number of hydrogen-bond donors (Lipinski definition) is 3. The molecule has 0 fully saturated rings. The third-order valence-electron chi connectivity index (χ3n) is 2.22. The number of phenolic OH excluding ortho intramolecular Hbond substituents is 2. The van der Waals surface area contributed by atoms with Crippen LogP contribution in [0.25, 0.3) is 10.8 Å². The summed E-state index contributed by atoms with van der Waals surface area (Å²) in [6.45, 7) is 0. The highest BCUT2D eigenvalue weighted by molar-refractivity contribution is 7.97. The molecular formula is C11H8O3S. The highest BCUT2D eigenvalue weighted by Gasteiger charge is 2.14. The minimum atomic E-state index is -0.570. The number of carbonyl (C=O) groups is 1. The highest BCUT2D eigenvalue weighted by Crippen LogP contribution is 2.34. The monoisotopic (exact) mass is 220 g/mol. The van der Waals surface area contributed by atoms with Crippen molar-refractivity contribution in [3.8, 4) is 11.5 Å². The van der Waals surface area contributed by atoms with E-state index in [-0.39, 0.29) is 17.1 Å². The van der Waals surface area contributed by atoms with Crippen LogP contribution in [0, 0.1) is 0 Å². The number of hydrogen-bond acceptors (Lipinski definition) is 3. The van der Waals surface area contributed by atoms with Gasteiger partial charge >= 0.3 is 0 Å². The Morgan fingerprint density at radius 1 is 1.07 bits per heavy atom. The van der Waals surface area contributed by atoms with Gasteiger partial charge in [-0.05, 0) is 17.5 Å². The van der Waals surface area contributed by atoms with E-state index < -0.39 is 5.12 Å². The third kappa shape index (κ3) is 1.53. The molecule has 0 atom stereocenters. The minimum absolute atomic E-state index is 0.0360. The fraction of sp³-hybridized carbons (Fsp3) is 0. The molecule has 76 valence electrons. The topological polar surface area (TPSA) is 57.5 Å². The molecule has 0 saturated heterocycles. The largest absolute Gasteiger partial charge is 0.507 e. The summed E-state index contributed by atoms with van der Waals surface area (Å²) >= 11 is 3.67. The molecule has 0 heterocycles. The lowest BCUT2D eigenvalue weighted by Gasteiger charge is -2.06. The van der Waals surface area contributed by atoms with Crippen molar-refractivity contribution in [2.75, 3.05) is 0 Å². The summed E-state index contributed by atoms with van der Waals surface area (Å²) in [5, 5.41) is 19.6. The van der Waals surface area contributed by atoms with Crippen molar-refractivity contribution in [3.05, 3.63) is 35.9 Å². The van der Waals surface area contributed by atoms with E-state index in [4.69, 9.17) is 0 Å². The van der Waals surface area contributed by atoms with E-state index in [2.05, 4.69) is 12.6 Å². The van der Waals surface area contributed by atoms with E-state index in [1.54, 1.807) is 18.2 Å². The van der Waals surface area contributed by atoms with Gasteiger partial charge in [-0.15, -0.1) is 12.6 Å². The van der Waals surface area contributed by atoms with Crippen LogP contribution in [0.5, 0.6) is 11.5 Å². The molecule has 0 aliphatic rings. The number of aromatic hydroxyl groups is 2. The Labute approximate surface area is 91.4 Å². The Balaban J connectivity index is 2.97. The van der Waals surface area contributed by atoms with Gasteiger partial charge in [0.1, 0.15) is 11.5 Å². The molecule has 2 aromatic rings. The van der Waals surface area contributed by atoms with E-state index in [1.807, 2.05) is 0 Å². The number of benzene rings is 2. The van der Waals surface area contributed by atoms with Gasteiger partial charge in [0.15, 0.2) is 0 Å². The molecule has 0 aliphatic heterocycles. The predicted molar refractivity (Wildman–Crippen MR) is 60.6 cm³/mol. The maximum atomic E-state index is 11.2. The van der Waals surface area contributed by atoms with Crippen LogP contribution in [-0.2, 0) is 0 Å². The smallest absolute Gasteiger partial charge is 0.220 e. The Kier molecular flexibility index (Phi) is 2.28. The Bertz CT molecular complexity index is 549. The molecule has 0 bridgehead atoms.